The number of hydrogen-bond donors (Lipinski definition) is 2. The molecule has 0 spiro atoms. The highest BCUT2D eigenvalue weighted by Gasteiger charge is 2.18. The maximum atomic E-state index is 10.1. The Labute approximate surface area is 151 Å². The number of hydrogen-bond acceptors (Lipinski definition) is 6. The smallest absolute Gasteiger partial charge is 0.119 e. The SMILES string of the molecule is Cc1ccc(OCCOCC(O)CN2CCN(CCO)CC2)cc1C. The van der Waals surface area contributed by atoms with Gasteiger partial charge in [0.15, 0.2) is 0 Å². The van der Waals surface area contributed by atoms with Gasteiger partial charge in [-0.3, -0.25) is 9.80 Å². The van der Waals surface area contributed by atoms with Crippen LogP contribution in [0.5, 0.6) is 5.75 Å². The lowest BCUT2D eigenvalue weighted by Gasteiger charge is -2.35. The molecule has 6 nitrogen and oxygen atoms in total. The second-order valence-corrected chi connectivity index (χ2v) is 6.69. The average Bonchev–Trinajstić information content (AvgIpc) is 2.60. The summed E-state index contributed by atoms with van der Waals surface area (Å²) in [4.78, 5) is 4.48. The molecule has 0 radical (unpaired) electrons. The number of aliphatic hydroxyl groups excluding tert-OH is 2. The number of aliphatic hydroxyl groups is 2. The molecule has 2 N–H and O–H groups in total. The number of benzene rings is 1. The number of ether oxygens (including phenoxy) is 2. The van der Waals surface area contributed by atoms with Gasteiger partial charge in [0.25, 0.3) is 0 Å². The average molecular weight is 352 g/mol. The molecule has 0 aliphatic carbocycles. The van der Waals surface area contributed by atoms with Crippen LogP contribution in [0.1, 0.15) is 11.1 Å². The molecule has 1 fully saturated rings. The van der Waals surface area contributed by atoms with E-state index >= 15 is 0 Å². The van der Waals surface area contributed by atoms with E-state index in [2.05, 4.69) is 29.7 Å². The van der Waals surface area contributed by atoms with E-state index in [0.29, 0.717) is 26.4 Å². The minimum atomic E-state index is -0.481. The summed E-state index contributed by atoms with van der Waals surface area (Å²) in [6.07, 6.45) is -0.481. The monoisotopic (exact) mass is 352 g/mol. The molecule has 25 heavy (non-hydrogen) atoms. The molecule has 0 saturated carbocycles. The van der Waals surface area contributed by atoms with Crippen molar-refractivity contribution >= 4 is 0 Å². The maximum absolute atomic E-state index is 10.1. The maximum Gasteiger partial charge on any atom is 0.119 e. The van der Waals surface area contributed by atoms with Gasteiger partial charge in [-0.05, 0) is 37.1 Å². The first-order valence-corrected chi connectivity index (χ1v) is 9.10. The van der Waals surface area contributed by atoms with Gasteiger partial charge in [-0.25, -0.2) is 0 Å². The van der Waals surface area contributed by atoms with Gasteiger partial charge in [-0.15, -0.1) is 0 Å². The zero-order valence-electron chi connectivity index (χ0n) is 15.5. The van der Waals surface area contributed by atoms with Gasteiger partial charge in [0.05, 0.1) is 25.9 Å². The van der Waals surface area contributed by atoms with Crippen molar-refractivity contribution < 1.29 is 19.7 Å². The van der Waals surface area contributed by atoms with Crippen molar-refractivity contribution in [1.29, 1.82) is 0 Å². The highest BCUT2D eigenvalue weighted by atomic mass is 16.5. The van der Waals surface area contributed by atoms with Gasteiger partial charge in [0, 0.05) is 39.3 Å². The van der Waals surface area contributed by atoms with Crippen molar-refractivity contribution in [2.45, 2.75) is 20.0 Å². The first-order valence-electron chi connectivity index (χ1n) is 9.10. The molecule has 1 saturated heterocycles. The third kappa shape index (κ3) is 7.30. The number of rotatable bonds is 10. The molecule has 1 aliphatic rings. The van der Waals surface area contributed by atoms with Crippen LogP contribution in [0.3, 0.4) is 0 Å². The summed E-state index contributed by atoms with van der Waals surface area (Å²) >= 11 is 0. The van der Waals surface area contributed by atoms with Gasteiger partial charge in [0.1, 0.15) is 12.4 Å². The fourth-order valence-corrected chi connectivity index (χ4v) is 2.93. The number of piperazine rings is 1. The fraction of sp³-hybridized carbons (Fsp3) is 0.684. The lowest BCUT2D eigenvalue weighted by atomic mass is 10.1. The number of nitrogens with zero attached hydrogens (tertiary/aromatic N) is 2. The molecule has 1 aliphatic heterocycles. The Balaban J connectivity index is 1.53. The Hall–Kier alpha value is -1.18. The minimum absolute atomic E-state index is 0.209. The van der Waals surface area contributed by atoms with Gasteiger partial charge in [-0.2, -0.15) is 0 Å². The molecule has 1 heterocycles. The molecule has 0 amide bonds. The van der Waals surface area contributed by atoms with Crippen LogP contribution in [0.4, 0.5) is 0 Å². The summed E-state index contributed by atoms with van der Waals surface area (Å²) in [5.41, 5.74) is 2.47. The Morgan fingerprint density at radius 2 is 1.76 bits per heavy atom. The Kier molecular flexibility index (Phi) is 8.64. The summed E-state index contributed by atoms with van der Waals surface area (Å²) < 4.78 is 11.2. The quantitative estimate of drug-likeness (QED) is 0.604. The van der Waals surface area contributed by atoms with Crippen molar-refractivity contribution in [3.63, 3.8) is 0 Å². The van der Waals surface area contributed by atoms with Crippen LogP contribution < -0.4 is 4.74 Å². The molecule has 1 unspecified atom stereocenters. The lowest BCUT2D eigenvalue weighted by Crippen LogP contribution is -2.49. The first-order chi connectivity index (χ1) is 12.1. The van der Waals surface area contributed by atoms with Crippen molar-refractivity contribution in [1.82, 2.24) is 9.80 Å². The van der Waals surface area contributed by atoms with Gasteiger partial charge in [0.2, 0.25) is 0 Å². The molecule has 1 atom stereocenters. The van der Waals surface area contributed by atoms with E-state index in [1.165, 1.54) is 11.1 Å². The van der Waals surface area contributed by atoms with Crippen LogP contribution in [-0.4, -0.2) is 91.8 Å². The fourth-order valence-electron chi connectivity index (χ4n) is 2.93. The van der Waals surface area contributed by atoms with E-state index < -0.39 is 6.10 Å². The standard InChI is InChI=1S/C19H32N2O4/c1-16-3-4-19(13-17(16)2)25-12-11-24-15-18(23)14-21-7-5-20(6-8-21)9-10-22/h3-4,13,18,22-23H,5-12,14-15H2,1-2H3. The van der Waals surface area contributed by atoms with E-state index in [4.69, 9.17) is 14.6 Å². The van der Waals surface area contributed by atoms with E-state index in [0.717, 1.165) is 38.5 Å². The molecule has 1 aromatic carbocycles. The van der Waals surface area contributed by atoms with E-state index in [1.807, 2.05) is 12.1 Å². The highest BCUT2D eigenvalue weighted by molar-refractivity contribution is 5.33. The zero-order valence-corrected chi connectivity index (χ0v) is 15.5. The first kappa shape index (κ1) is 20.1. The molecule has 142 valence electrons. The van der Waals surface area contributed by atoms with E-state index in [9.17, 15) is 5.11 Å². The summed E-state index contributed by atoms with van der Waals surface area (Å²) in [6, 6.07) is 6.05. The summed E-state index contributed by atoms with van der Waals surface area (Å²) in [7, 11) is 0. The largest absolute Gasteiger partial charge is 0.491 e. The summed E-state index contributed by atoms with van der Waals surface area (Å²) in [5.74, 6) is 0.855. The third-order valence-corrected chi connectivity index (χ3v) is 4.64. The Bertz CT molecular complexity index is 504. The minimum Gasteiger partial charge on any atom is -0.491 e. The van der Waals surface area contributed by atoms with Crippen LogP contribution >= 0.6 is 0 Å². The van der Waals surface area contributed by atoms with E-state index in [-0.39, 0.29) is 6.61 Å². The Morgan fingerprint density at radius 1 is 1.04 bits per heavy atom. The van der Waals surface area contributed by atoms with Crippen molar-refractivity contribution in [3.8, 4) is 5.75 Å². The van der Waals surface area contributed by atoms with Crippen LogP contribution in [0.2, 0.25) is 0 Å². The molecular formula is C19H32N2O4. The van der Waals surface area contributed by atoms with Crippen LogP contribution in [0, 0.1) is 13.8 Å². The van der Waals surface area contributed by atoms with Gasteiger partial charge < -0.3 is 19.7 Å². The number of aryl methyl sites for hydroxylation is 2. The molecule has 2 rings (SSSR count). The normalized spacial score (nSPS) is 17.6. The zero-order chi connectivity index (χ0) is 18.1. The van der Waals surface area contributed by atoms with Crippen LogP contribution in [0.25, 0.3) is 0 Å². The highest BCUT2D eigenvalue weighted by Crippen LogP contribution is 2.16. The molecule has 1 aromatic rings. The molecule has 0 bridgehead atoms. The second kappa shape index (κ2) is 10.7. The predicted molar refractivity (Wildman–Crippen MR) is 98.2 cm³/mol. The summed E-state index contributed by atoms with van der Waals surface area (Å²) in [6.45, 7) is 10.7. The van der Waals surface area contributed by atoms with E-state index in [1.54, 1.807) is 0 Å². The topological polar surface area (TPSA) is 65.4 Å². The van der Waals surface area contributed by atoms with Gasteiger partial charge in [-0.1, -0.05) is 6.07 Å². The molecule has 6 heteroatoms. The van der Waals surface area contributed by atoms with Crippen LogP contribution in [-0.2, 0) is 4.74 Å². The molecule has 0 aromatic heterocycles. The summed E-state index contributed by atoms with van der Waals surface area (Å²) in [5, 5.41) is 19.0. The Morgan fingerprint density at radius 3 is 2.44 bits per heavy atom. The third-order valence-electron chi connectivity index (χ3n) is 4.64. The van der Waals surface area contributed by atoms with Gasteiger partial charge >= 0.3 is 0 Å². The van der Waals surface area contributed by atoms with Crippen LogP contribution in [0.15, 0.2) is 18.2 Å². The van der Waals surface area contributed by atoms with Crippen molar-refractivity contribution in [2.24, 2.45) is 0 Å². The predicted octanol–water partition coefficient (Wildman–Crippen LogP) is 0.670. The molecular weight excluding hydrogens is 320 g/mol. The second-order valence-electron chi connectivity index (χ2n) is 6.69. The number of β-amino-alcohol motifs (C(OH)–C–C–N with tert-alkyl or cyclic N) is 2. The lowest BCUT2D eigenvalue weighted by molar-refractivity contribution is -0.000766. The van der Waals surface area contributed by atoms with Crippen molar-refractivity contribution in [2.75, 3.05) is 65.7 Å². The van der Waals surface area contributed by atoms with Crippen molar-refractivity contribution in [3.05, 3.63) is 29.3 Å².